The summed E-state index contributed by atoms with van der Waals surface area (Å²) in [6.07, 6.45) is -9.21. The van der Waals surface area contributed by atoms with E-state index in [-0.39, 0.29) is 25.4 Å². The van der Waals surface area contributed by atoms with Crippen molar-refractivity contribution in [3.8, 4) is 0 Å². The van der Waals surface area contributed by atoms with Crippen LogP contribution in [0.25, 0.3) is 0 Å². The highest BCUT2D eigenvalue weighted by molar-refractivity contribution is 5.75. The van der Waals surface area contributed by atoms with Crippen molar-refractivity contribution in [3.63, 3.8) is 0 Å². The number of aliphatic hydroxyl groups is 6. The van der Waals surface area contributed by atoms with Crippen LogP contribution in [0.15, 0.2) is 0 Å². The Bertz CT molecular complexity index is 408. The molecule has 10 nitrogen and oxygen atoms in total. The average Bonchev–Trinajstić information content (AvgIpc) is 2.62. The lowest BCUT2D eigenvalue weighted by molar-refractivity contribution is -0.303. The molecule has 8 atom stereocenters. The van der Waals surface area contributed by atoms with Crippen molar-refractivity contribution in [1.82, 2.24) is 5.32 Å². The molecule has 0 bridgehead atoms. The molecule has 1 aliphatic heterocycles. The summed E-state index contributed by atoms with van der Waals surface area (Å²) in [6, 6.07) is -0.977. The Morgan fingerprint density at radius 1 is 1.16 bits per heavy atom. The van der Waals surface area contributed by atoms with Crippen LogP contribution in [0.1, 0.15) is 26.7 Å². The number of ether oxygens (including phenoxy) is 2. The number of carbonyl (C=O) groups is 1. The molecule has 0 aromatic rings. The van der Waals surface area contributed by atoms with E-state index < -0.39 is 55.6 Å². The molecule has 10 heteroatoms. The number of aliphatic hydroxyl groups excluding tert-OH is 6. The number of nitrogens with one attached hydrogen (secondary N) is 1. The zero-order chi connectivity index (χ0) is 19.1. The molecule has 1 amide bonds. The van der Waals surface area contributed by atoms with Gasteiger partial charge in [-0.15, -0.1) is 0 Å². The molecule has 0 radical (unpaired) electrons. The van der Waals surface area contributed by atoms with Crippen molar-refractivity contribution in [2.45, 2.75) is 75.6 Å². The van der Waals surface area contributed by atoms with E-state index in [4.69, 9.17) is 14.6 Å². The fourth-order valence-corrected chi connectivity index (χ4v) is 2.45. The highest BCUT2D eigenvalue weighted by atomic mass is 16.7. The van der Waals surface area contributed by atoms with Gasteiger partial charge in [0.05, 0.1) is 25.4 Å². The molecule has 0 aromatic heterocycles. The third kappa shape index (κ3) is 5.83. The van der Waals surface area contributed by atoms with Gasteiger partial charge in [0.15, 0.2) is 6.29 Å². The normalized spacial score (nSPS) is 33.5. The Balaban J connectivity index is 2.75. The van der Waals surface area contributed by atoms with E-state index in [0.29, 0.717) is 0 Å². The second-order valence-electron chi connectivity index (χ2n) is 6.02. The lowest BCUT2D eigenvalue weighted by Gasteiger charge is -2.40. The highest BCUT2D eigenvalue weighted by Crippen LogP contribution is 2.22. The van der Waals surface area contributed by atoms with Gasteiger partial charge < -0.3 is 45.4 Å². The van der Waals surface area contributed by atoms with E-state index in [1.807, 2.05) is 0 Å². The molecule has 0 aliphatic carbocycles. The van der Waals surface area contributed by atoms with Crippen LogP contribution in [0.5, 0.6) is 0 Å². The lowest BCUT2D eigenvalue weighted by Crippen LogP contribution is -2.60. The molecule has 0 spiro atoms. The molecule has 1 saturated heterocycles. The number of carbonyl (C=O) groups excluding carboxylic acids is 1. The van der Waals surface area contributed by atoms with Crippen LogP contribution in [0.2, 0.25) is 0 Å². The standard InChI is InChI=1S/C15H29NO9/c1-3-8(18)11(20)7(16-10(19)4-2)6-24-15-14(23)13(22)12(21)9(5-17)25-15/h7-9,11-15,17-18,20-23H,3-6H2,1-2H3,(H,16,19)/t7?,8-,9?,11+,12?,13?,14?,15?/m1/s1. The van der Waals surface area contributed by atoms with Crippen LogP contribution in [0.3, 0.4) is 0 Å². The first-order valence-electron chi connectivity index (χ1n) is 8.34. The van der Waals surface area contributed by atoms with Gasteiger partial charge in [-0.05, 0) is 6.42 Å². The number of rotatable bonds is 9. The van der Waals surface area contributed by atoms with E-state index in [2.05, 4.69) is 5.32 Å². The van der Waals surface area contributed by atoms with Crippen LogP contribution in [0.4, 0.5) is 0 Å². The topological polar surface area (TPSA) is 169 Å². The van der Waals surface area contributed by atoms with Gasteiger partial charge in [-0.3, -0.25) is 4.79 Å². The van der Waals surface area contributed by atoms with Crippen molar-refractivity contribution in [2.75, 3.05) is 13.2 Å². The average molecular weight is 367 g/mol. The Hall–Kier alpha value is -0.850. The van der Waals surface area contributed by atoms with Crippen molar-refractivity contribution < 1.29 is 44.9 Å². The zero-order valence-corrected chi connectivity index (χ0v) is 14.4. The third-order valence-electron chi connectivity index (χ3n) is 4.18. The van der Waals surface area contributed by atoms with Gasteiger partial charge in [0.25, 0.3) is 0 Å². The summed E-state index contributed by atoms with van der Waals surface area (Å²) in [4.78, 5) is 11.6. The quantitative estimate of drug-likeness (QED) is 0.222. The maximum Gasteiger partial charge on any atom is 0.220 e. The molecule has 25 heavy (non-hydrogen) atoms. The molecule has 1 aliphatic rings. The molecule has 6 unspecified atom stereocenters. The van der Waals surface area contributed by atoms with Crippen LogP contribution in [-0.4, -0.2) is 98.7 Å². The maximum absolute atomic E-state index is 11.6. The molecule has 1 rings (SSSR count). The molecule has 0 aromatic carbocycles. The molecular weight excluding hydrogens is 338 g/mol. The van der Waals surface area contributed by atoms with Crippen LogP contribution < -0.4 is 5.32 Å². The molecule has 1 heterocycles. The highest BCUT2D eigenvalue weighted by Gasteiger charge is 2.44. The Labute approximate surface area is 146 Å². The summed E-state index contributed by atoms with van der Waals surface area (Å²) >= 11 is 0. The first kappa shape index (κ1) is 22.2. The van der Waals surface area contributed by atoms with Gasteiger partial charge in [0, 0.05) is 6.42 Å². The Morgan fingerprint density at radius 3 is 2.32 bits per heavy atom. The largest absolute Gasteiger partial charge is 0.394 e. The Morgan fingerprint density at radius 2 is 1.80 bits per heavy atom. The summed E-state index contributed by atoms with van der Waals surface area (Å²) < 4.78 is 10.5. The predicted octanol–water partition coefficient (Wildman–Crippen LogP) is -3.17. The SMILES string of the molecule is CCC(=O)NC(COC1OC(CO)C(O)C(O)C1O)[C@H](O)[C@H](O)CC. The van der Waals surface area contributed by atoms with Gasteiger partial charge in [-0.1, -0.05) is 13.8 Å². The van der Waals surface area contributed by atoms with Crippen molar-refractivity contribution >= 4 is 5.91 Å². The number of hydrogen-bond acceptors (Lipinski definition) is 9. The van der Waals surface area contributed by atoms with Crippen LogP contribution >= 0.6 is 0 Å². The summed E-state index contributed by atoms with van der Waals surface area (Å²) in [5.74, 6) is -0.371. The third-order valence-corrected chi connectivity index (χ3v) is 4.18. The second kappa shape index (κ2) is 10.3. The molecule has 7 N–H and O–H groups in total. The molecule has 0 saturated carbocycles. The lowest BCUT2D eigenvalue weighted by atomic mass is 9.99. The minimum atomic E-state index is -1.59. The summed E-state index contributed by atoms with van der Waals surface area (Å²) in [5.41, 5.74) is 0. The molecule has 1 fully saturated rings. The van der Waals surface area contributed by atoms with Gasteiger partial charge in [0.1, 0.15) is 30.5 Å². The van der Waals surface area contributed by atoms with Crippen molar-refractivity contribution in [3.05, 3.63) is 0 Å². The minimum Gasteiger partial charge on any atom is -0.394 e. The van der Waals surface area contributed by atoms with Gasteiger partial charge in [-0.2, -0.15) is 0 Å². The number of hydrogen-bond donors (Lipinski definition) is 7. The van der Waals surface area contributed by atoms with E-state index >= 15 is 0 Å². The first-order chi connectivity index (χ1) is 11.8. The molecule has 148 valence electrons. The fourth-order valence-electron chi connectivity index (χ4n) is 2.45. The van der Waals surface area contributed by atoms with Gasteiger partial charge in [0.2, 0.25) is 5.91 Å². The summed E-state index contributed by atoms with van der Waals surface area (Å²) in [6.45, 7) is 2.35. The van der Waals surface area contributed by atoms with Crippen LogP contribution in [0, 0.1) is 0 Å². The van der Waals surface area contributed by atoms with E-state index in [1.54, 1.807) is 13.8 Å². The van der Waals surface area contributed by atoms with Crippen molar-refractivity contribution in [1.29, 1.82) is 0 Å². The number of amides is 1. The zero-order valence-electron chi connectivity index (χ0n) is 14.4. The first-order valence-corrected chi connectivity index (χ1v) is 8.34. The fraction of sp³-hybridized carbons (Fsp3) is 0.933. The van der Waals surface area contributed by atoms with E-state index in [9.17, 15) is 30.3 Å². The summed E-state index contributed by atoms with van der Waals surface area (Å²) in [5, 5.41) is 60.9. The monoisotopic (exact) mass is 367 g/mol. The second-order valence-corrected chi connectivity index (χ2v) is 6.02. The van der Waals surface area contributed by atoms with E-state index in [1.165, 1.54) is 0 Å². The Kier molecular flexibility index (Phi) is 9.17. The van der Waals surface area contributed by atoms with Crippen LogP contribution in [-0.2, 0) is 14.3 Å². The van der Waals surface area contributed by atoms with Gasteiger partial charge >= 0.3 is 0 Å². The molecular formula is C15H29NO9. The maximum atomic E-state index is 11.6. The van der Waals surface area contributed by atoms with E-state index in [0.717, 1.165) is 0 Å². The summed E-state index contributed by atoms with van der Waals surface area (Å²) in [7, 11) is 0. The van der Waals surface area contributed by atoms with Crippen molar-refractivity contribution in [2.24, 2.45) is 0 Å². The smallest absolute Gasteiger partial charge is 0.220 e. The predicted molar refractivity (Wildman–Crippen MR) is 84.2 cm³/mol. The minimum absolute atomic E-state index is 0.158. The van der Waals surface area contributed by atoms with Gasteiger partial charge in [-0.25, -0.2) is 0 Å².